The first-order valence-corrected chi connectivity index (χ1v) is 25.9. The van der Waals surface area contributed by atoms with Gasteiger partial charge >= 0.3 is 23.9 Å². The Morgan fingerprint density at radius 1 is 0.250 bits per heavy atom. The zero-order valence-corrected chi connectivity index (χ0v) is 43.7. The lowest BCUT2D eigenvalue weighted by molar-refractivity contribution is -0.139. The van der Waals surface area contributed by atoms with Gasteiger partial charge in [0.15, 0.2) is 0 Å². The third-order valence-electron chi connectivity index (χ3n) is 12.5. The number of rotatable bonds is 22. The number of esters is 4. The molecule has 0 N–H and O–H groups in total. The SMILES string of the molecule is O=C(/C=C/c1ccccc1)OCc1ccc(N(c2ccc(COC(=O)/C=C/c3ccccc3)cc2)c2ccc(N(c3ccc(COC(=O)/C=C/c4ccccc4)cc3)c3ccc(COC(=O)/C=C/c4ccccc4)cc3)cc2)cc1. The van der Waals surface area contributed by atoms with E-state index in [1.165, 1.54) is 24.3 Å². The standard InChI is InChI=1S/C70H56N2O8/c73-67(45-29-53-13-5-1-6-14-53)77-49-57-21-33-61(34-22-57)71(62-35-23-58(24-36-62)50-78-68(74)46-30-54-15-7-2-8-16-54)65-41-43-66(44-42-65)72(63-37-25-59(26-38-63)51-79-69(75)47-31-55-17-9-3-10-18-55)64-39-27-60(28-40-64)52-80-70(76)48-32-56-19-11-4-12-20-56/h1-48H,49-52H2/b45-29+,46-30+,47-31+,48-32+. The Labute approximate surface area is 466 Å². The lowest BCUT2D eigenvalue weighted by atomic mass is 10.1. The fraction of sp³-hybridized carbons (Fsp3) is 0.0571. The molecule has 0 atom stereocenters. The molecule has 0 saturated heterocycles. The van der Waals surface area contributed by atoms with Gasteiger partial charge in [0.1, 0.15) is 26.4 Å². The zero-order valence-electron chi connectivity index (χ0n) is 43.7. The molecule has 0 unspecified atom stereocenters. The van der Waals surface area contributed by atoms with Crippen LogP contribution >= 0.6 is 0 Å². The smallest absolute Gasteiger partial charge is 0.331 e. The Balaban J connectivity index is 0.958. The maximum absolute atomic E-state index is 12.7. The summed E-state index contributed by atoms with van der Waals surface area (Å²) in [7, 11) is 0. The van der Waals surface area contributed by atoms with Gasteiger partial charge in [-0.2, -0.15) is 0 Å². The number of ether oxygens (including phenoxy) is 4. The van der Waals surface area contributed by atoms with Crippen molar-refractivity contribution in [2.45, 2.75) is 26.4 Å². The van der Waals surface area contributed by atoms with Crippen LogP contribution in [0.4, 0.5) is 34.1 Å². The molecule has 0 aliphatic rings. The van der Waals surface area contributed by atoms with Crippen molar-refractivity contribution < 1.29 is 38.1 Å². The Morgan fingerprint density at radius 2 is 0.425 bits per heavy atom. The number of carbonyl (C=O) groups excluding carboxylic acids is 4. The molecule has 9 rings (SSSR count). The van der Waals surface area contributed by atoms with E-state index in [2.05, 4.69) is 9.80 Å². The largest absolute Gasteiger partial charge is 0.458 e. The van der Waals surface area contributed by atoms with Crippen molar-refractivity contribution in [1.82, 2.24) is 0 Å². The lowest BCUT2D eigenvalue weighted by Crippen LogP contribution is -2.12. The molecule has 0 amide bonds. The summed E-state index contributed by atoms with van der Waals surface area (Å²) in [6.07, 6.45) is 12.6. The van der Waals surface area contributed by atoms with Gasteiger partial charge in [0.2, 0.25) is 0 Å². The summed E-state index contributed by atoms with van der Waals surface area (Å²) in [5.41, 5.74) is 11.9. The molecule has 10 heteroatoms. The average molecular weight is 1050 g/mol. The van der Waals surface area contributed by atoms with Crippen LogP contribution in [0.3, 0.4) is 0 Å². The second kappa shape index (κ2) is 28.0. The molecule has 0 saturated carbocycles. The van der Waals surface area contributed by atoms with Crippen LogP contribution in [0.5, 0.6) is 0 Å². The van der Waals surface area contributed by atoms with Gasteiger partial charge in [0, 0.05) is 58.4 Å². The molecule has 0 fully saturated rings. The molecule has 0 bridgehead atoms. The molecule has 0 aromatic heterocycles. The second-order valence-corrected chi connectivity index (χ2v) is 18.3. The van der Waals surface area contributed by atoms with Crippen LogP contribution in [0, 0.1) is 0 Å². The third kappa shape index (κ3) is 16.2. The second-order valence-electron chi connectivity index (χ2n) is 18.3. The highest BCUT2D eigenvalue weighted by Crippen LogP contribution is 2.39. The number of hydrogen-bond donors (Lipinski definition) is 0. The van der Waals surface area contributed by atoms with E-state index in [-0.39, 0.29) is 26.4 Å². The Kier molecular flexibility index (Phi) is 19.0. The van der Waals surface area contributed by atoms with Gasteiger partial charge in [-0.3, -0.25) is 0 Å². The van der Waals surface area contributed by atoms with E-state index in [4.69, 9.17) is 18.9 Å². The van der Waals surface area contributed by atoms with E-state index in [0.29, 0.717) is 0 Å². The Bertz CT molecular complexity index is 3110. The highest BCUT2D eigenvalue weighted by Gasteiger charge is 2.18. The molecule has 10 nitrogen and oxygen atoms in total. The van der Waals surface area contributed by atoms with Crippen LogP contribution in [-0.2, 0) is 64.6 Å². The van der Waals surface area contributed by atoms with Gasteiger partial charge in [-0.1, -0.05) is 170 Å². The summed E-state index contributed by atoms with van der Waals surface area (Å²) in [6.45, 7) is 0.362. The van der Waals surface area contributed by atoms with Crippen molar-refractivity contribution in [3.05, 3.63) is 311 Å². The highest BCUT2D eigenvalue weighted by molar-refractivity contribution is 5.89. The minimum atomic E-state index is -0.444. The average Bonchev–Trinajstić information content (AvgIpc) is 3.52. The molecule has 0 radical (unpaired) electrons. The third-order valence-corrected chi connectivity index (χ3v) is 12.5. The van der Waals surface area contributed by atoms with E-state index < -0.39 is 23.9 Å². The number of anilines is 6. The molecule has 394 valence electrons. The molecule has 0 spiro atoms. The summed E-state index contributed by atoms with van der Waals surface area (Å²) in [5, 5.41) is 0. The fourth-order valence-electron chi connectivity index (χ4n) is 8.33. The minimum Gasteiger partial charge on any atom is -0.458 e. The molecule has 9 aromatic rings. The van der Waals surface area contributed by atoms with Crippen molar-refractivity contribution in [3.8, 4) is 0 Å². The van der Waals surface area contributed by atoms with Crippen LogP contribution in [0.25, 0.3) is 24.3 Å². The molecule has 9 aromatic carbocycles. The maximum atomic E-state index is 12.7. The monoisotopic (exact) mass is 1050 g/mol. The zero-order chi connectivity index (χ0) is 55.1. The number of carbonyl (C=O) groups is 4. The van der Waals surface area contributed by atoms with Gasteiger partial charge in [-0.15, -0.1) is 0 Å². The van der Waals surface area contributed by atoms with E-state index in [1.807, 2.05) is 243 Å². The molecular formula is C70H56N2O8. The number of nitrogens with zero attached hydrogens (tertiary/aromatic N) is 2. The molecule has 0 aliphatic heterocycles. The van der Waals surface area contributed by atoms with E-state index in [1.54, 1.807) is 24.3 Å². The first-order chi connectivity index (χ1) is 39.3. The van der Waals surface area contributed by atoms with Crippen molar-refractivity contribution in [2.24, 2.45) is 0 Å². The molecule has 80 heavy (non-hydrogen) atoms. The summed E-state index contributed by atoms with van der Waals surface area (Å²) < 4.78 is 22.4. The van der Waals surface area contributed by atoms with E-state index in [0.717, 1.165) is 78.6 Å². The Hall–Kier alpha value is -10.6. The lowest BCUT2D eigenvalue weighted by Gasteiger charge is -2.28. The maximum Gasteiger partial charge on any atom is 0.331 e. The van der Waals surface area contributed by atoms with Crippen LogP contribution < -0.4 is 9.80 Å². The van der Waals surface area contributed by atoms with Crippen molar-refractivity contribution in [3.63, 3.8) is 0 Å². The summed E-state index contributed by atoms with van der Waals surface area (Å²) in [6, 6.07) is 77.7. The van der Waals surface area contributed by atoms with Gasteiger partial charge in [0.05, 0.1) is 0 Å². The quantitative estimate of drug-likeness (QED) is 0.0369. The van der Waals surface area contributed by atoms with Gasteiger partial charge in [0.25, 0.3) is 0 Å². The van der Waals surface area contributed by atoms with E-state index in [9.17, 15) is 19.2 Å². The predicted octanol–water partition coefficient (Wildman–Crippen LogP) is 15.7. The van der Waals surface area contributed by atoms with Crippen LogP contribution in [0.15, 0.2) is 267 Å². The highest BCUT2D eigenvalue weighted by atomic mass is 16.5. The topological polar surface area (TPSA) is 112 Å². The fourth-order valence-corrected chi connectivity index (χ4v) is 8.33. The van der Waals surface area contributed by atoms with Gasteiger partial charge < -0.3 is 28.7 Å². The first-order valence-electron chi connectivity index (χ1n) is 25.9. The molecular weight excluding hydrogens is 997 g/mol. The predicted molar refractivity (Wildman–Crippen MR) is 317 cm³/mol. The summed E-state index contributed by atoms with van der Waals surface area (Å²) in [5.74, 6) is -1.78. The number of benzene rings is 9. The van der Waals surface area contributed by atoms with Crippen LogP contribution in [0.2, 0.25) is 0 Å². The van der Waals surface area contributed by atoms with E-state index >= 15 is 0 Å². The summed E-state index contributed by atoms with van der Waals surface area (Å²) >= 11 is 0. The van der Waals surface area contributed by atoms with Crippen molar-refractivity contribution in [2.75, 3.05) is 9.80 Å². The van der Waals surface area contributed by atoms with Crippen molar-refractivity contribution in [1.29, 1.82) is 0 Å². The molecule has 0 aliphatic carbocycles. The summed E-state index contributed by atoms with van der Waals surface area (Å²) in [4.78, 5) is 54.8. The number of hydrogen-bond acceptors (Lipinski definition) is 10. The van der Waals surface area contributed by atoms with Crippen LogP contribution in [-0.4, -0.2) is 23.9 Å². The Morgan fingerprint density at radius 3 is 0.613 bits per heavy atom. The van der Waals surface area contributed by atoms with Gasteiger partial charge in [-0.05, 0) is 142 Å². The molecule has 0 heterocycles. The normalized spacial score (nSPS) is 11.2. The minimum absolute atomic E-state index is 0.0905. The van der Waals surface area contributed by atoms with Crippen LogP contribution in [0.1, 0.15) is 44.5 Å². The first kappa shape index (κ1) is 54.2. The van der Waals surface area contributed by atoms with Gasteiger partial charge in [-0.25, -0.2) is 19.2 Å². The van der Waals surface area contributed by atoms with Crippen molar-refractivity contribution >= 4 is 82.3 Å².